The van der Waals surface area contributed by atoms with E-state index in [0.29, 0.717) is 36.8 Å². The molecule has 98 valence electrons. The van der Waals surface area contributed by atoms with E-state index in [9.17, 15) is 4.79 Å². The Morgan fingerprint density at radius 2 is 2.39 bits per heavy atom. The van der Waals surface area contributed by atoms with Gasteiger partial charge in [-0.2, -0.15) is 0 Å². The molecule has 2 rings (SSSR count). The minimum absolute atomic E-state index is 0.0107. The molecule has 1 aromatic rings. The summed E-state index contributed by atoms with van der Waals surface area (Å²) in [6.07, 6.45) is -0.0592. The molecule has 1 atom stereocenters. The number of ether oxygens (including phenoxy) is 1. The van der Waals surface area contributed by atoms with Crippen LogP contribution in [0.4, 0.5) is 0 Å². The highest BCUT2D eigenvalue weighted by Gasteiger charge is 2.24. The van der Waals surface area contributed by atoms with E-state index in [1.165, 1.54) is 0 Å². The summed E-state index contributed by atoms with van der Waals surface area (Å²) >= 11 is 5.96. The summed E-state index contributed by atoms with van der Waals surface area (Å²) in [7, 11) is 0. The lowest BCUT2D eigenvalue weighted by molar-refractivity contribution is -0.0167. The molecular weight excluding hydrogens is 252 g/mol. The van der Waals surface area contributed by atoms with Crippen LogP contribution in [0, 0.1) is 6.92 Å². The third kappa shape index (κ3) is 2.83. The lowest BCUT2D eigenvalue weighted by Crippen LogP contribution is -2.48. The molecule has 0 aromatic heterocycles. The van der Waals surface area contributed by atoms with E-state index in [2.05, 4.69) is 0 Å². The molecule has 4 nitrogen and oxygen atoms in total. The van der Waals surface area contributed by atoms with Crippen LogP contribution in [0.2, 0.25) is 5.02 Å². The number of rotatable bonds is 2. The summed E-state index contributed by atoms with van der Waals surface area (Å²) < 4.78 is 5.45. The van der Waals surface area contributed by atoms with Gasteiger partial charge in [0, 0.05) is 30.2 Å². The molecule has 1 saturated heterocycles. The molecule has 1 aliphatic rings. The number of hydrogen-bond donors (Lipinski definition) is 1. The smallest absolute Gasteiger partial charge is 0.254 e. The van der Waals surface area contributed by atoms with Crippen LogP contribution >= 0.6 is 11.6 Å². The average molecular weight is 269 g/mol. The van der Waals surface area contributed by atoms with Gasteiger partial charge in [-0.3, -0.25) is 4.79 Å². The summed E-state index contributed by atoms with van der Waals surface area (Å²) in [5.74, 6) is 0.0107. The second-order valence-electron chi connectivity index (χ2n) is 4.44. The van der Waals surface area contributed by atoms with Crippen LogP contribution in [0.3, 0.4) is 0 Å². The topological polar surface area (TPSA) is 55.6 Å². The molecule has 2 N–H and O–H groups in total. The Bertz CT molecular complexity index is 451. The van der Waals surface area contributed by atoms with Gasteiger partial charge in [-0.1, -0.05) is 11.6 Å². The molecule has 18 heavy (non-hydrogen) atoms. The monoisotopic (exact) mass is 268 g/mol. The van der Waals surface area contributed by atoms with Gasteiger partial charge in [-0.25, -0.2) is 0 Å². The molecular formula is C13H17ClN2O2. The predicted molar refractivity (Wildman–Crippen MR) is 70.9 cm³/mol. The first-order chi connectivity index (χ1) is 8.61. The van der Waals surface area contributed by atoms with Crippen molar-refractivity contribution in [3.63, 3.8) is 0 Å². The van der Waals surface area contributed by atoms with Crippen LogP contribution in [0.25, 0.3) is 0 Å². The molecule has 0 bridgehead atoms. The van der Waals surface area contributed by atoms with Crippen molar-refractivity contribution in [2.75, 3.05) is 26.2 Å². The van der Waals surface area contributed by atoms with Gasteiger partial charge in [0.2, 0.25) is 0 Å². The van der Waals surface area contributed by atoms with Crippen LogP contribution in [-0.4, -0.2) is 43.2 Å². The number of amides is 1. The molecule has 0 radical (unpaired) electrons. The average Bonchev–Trinajstić information content (AvgIpc) is 2.41. The van der Waals surface area contributed by atoms with Crippen molar-refractivity contribution in [3.05, 3.63) is 34.3 Å². The number of carbonyl (C=O) groups is 1. The summed E-state index contributed by atoms with van der Waals surface area (Å²) in [6, 6.07) is 5.33. The van der Waals surface area contributed by atoms with E-state index in [1.807, 2.05) is 13.0 Å². The quantitative estimate of drug-likeness (QED) is 0.883. The third-order valence-corrected chi connectivity index (χ3v) is 3.52. The van der Waals surface area contributed by atoms with Crippen LogP contribution in [0.15, 0.2) is 18.2 Å². The number of morpholine rings is 1. The molecule has 1 aromatic carbocycles. The Balaban J connectivity index is 2.12. The predicted octanol–water partition coefficient (Wildman–Crippen LogP) is 1.45. The van der Waals surface area contributed by atoms with Gasteiger partial charge in [0.05, 0.1) is 12.7 Å². The van der Waals surface area contributed by atoms with Crippen molar-refractivity contribution in [1.29, 1.82) is 0 Å². The highest BCUT2D eigenvalue weighted by atomic mass is 35.5. The van der Waals surface area contributed by atoms with Crippen molar-refractivity contribution in [3.8, 4) is 0 Å². The van der Waals surface area contributed by atoms with Crippen molar-refractivity contribution in [2.45, 2.75) is 13.0 Å². The van der Waals surface area contributed by atoms with E-state index in [1.54, 1.807) is 17.0 Å². The first-order valence-electron chi connectivity index (χ1n) is 5.99. The second-order valence-corrected chi connectivity index (χ2v) is 4.85. The summed E-state index contributed by atoms with van der Waals surface area (Å²) in [6.45, 7) is 4.03. The molecule has 1 aliphatic heterocycles. The van der Waals surface area contributed by atoms with Crippen LogP contribution < -0.4 is 5.73 Å². The van der Waals surface area contributed by atoms with E-state index in [-0.39, 0.29) is 12.0 Å². The molecule has 0 spiro atoms. The van der Waals surface area contributed by atoms with Crippen LogP contribution in [0.5, 0.6) is 0 Å². The lowest BCUT2D eigenvalue weighted by Gasteiger charge is -2.32. The van der Waals surface area contributed by atoms with Crippen molar-refractivity contribution in [1.82, 2.24) is 4.90 Å². The van der Waals surface area contributed by atoms with Crippen LogP contribution in [-0.2, 0) is 4.74 Å². The number of carbonyl (C=O) groups excluding carboxylic acids is 1. The zero-order valence-electron chi connectivity index (χ0n) is 10.4. The normalized spacial score (nSPS) is 19.9. The molecule has 0 saturated carbocycles. The van der Waals surface area contributed by atoms with E-state index >= 15 is 0 Å². The number of nitrogens with two attached hydrogens (primary N) is 1. The Kier molecular flexibility index (Phi) is 4.22. The maximum Gasteiger partial charge on any atom is 0.254 e. The van der Waals surface area contributed by atoms with Crippen molar-refractivity contribution in [2.24, 2.45) is 5.73 Å². The van der Waals surface area contributed by atoms with Gasteiger partial charge in [0.1, 0.15) is 0 Å². The molecule has 1 amide bonds. The number of hydrogen-bond acceptors (Lipinski definition) is 3. The Labute approximate surface area is 112 Å². The fourth-order valence-electron chi connectivity index (χ4n) is 2.01. The van der Waals surface area contributed by atoms with Gasteiger partial charge in [-0.05, 0) is 30.7 Å². The number of aryl methyl sites for hydroxylation is 1. The minimum atomic E-state index is -0.0592. The summed E-state index contributed by atoms with van der Waals surface area (Å²) in [5.41, 5.74) is 7.14. The second kappa shape index (κ2) is 5.69. The Morgan fingerprint density at radius 3 is 3.06 bits per heavy atom. The summed E-state index contributed by atoms with van der Waals surface area (Å²) in [5, 5.41) is 0.674. The fourth-order valence-corrected chi connectivity index (χ4v) is 2.12. The van der Waals surface area contributed by atoms with Gasteiger partial charge < -0.3 is 15.4 Å². The molecule has 0 aliphatic carbocycles. The maximum absolute atomic E-state index is 12.3. The van der Waals surface area contributed by atoms with Crippen molar-refractivity contribution >= 4 is 17.5 Å². The van der Waals surface area contributed by atoms with Gasteiger partial charge in [0.15, 0.2) is 0 Å². The SMILES string of the molecule is Cc1cc(C(=O)N2CCOC(CN)C2)ccc1Cl. The maximum atomic E-state index is 12.3. The first-order valence-corrected chi connectivity index (χ1v) is 6.36. The van der Waals surface area contributed by atoms with Crippen molar-refractivity contribution < 1.29 is 9.53 Å². The Hall–Kier alpha value is -1.10. The fraction of sp³-hybridized carbons (Fsp3) is 0.462. The third-order valence-electron chi connectivity index (χ3n) is 3.09. The van der Waals surface area contributed by atoms with Crippen LogP contribution in [0.1, 0.15) is 15.9 Å². The lowest BCUT2D eigenvalue weighted by atomic mass is 10.1. The zero-order valence-corrected chi connectivity index (χ0v) is 11.1. The largest absolute Gasteiger partial charge is 0.373 e. The number of benzene rings is 1. The van der Waals surface area contributed by atoms with Gasteiger partial charge in [-0.15, -0.1) is 0 Å². The Morgan fingerprint density at radius 1 is 1.61 bits per heavy atom. The molecule has 1 unspecified atom stereocenters. The molecule has 5 heteroatoms. The highest BCUT2D eigenvalue weighted by molar-refractivity contribution is 6.31. The van der Waals surface area contributed by atoms with E-state index in [4.69, 9.17) is 22.1 Å². The van der Waals surface area contributed by atoms with Gasteiger partial charge >= 0.3 is 0 Å². The van der Waals surface area contributed by atoms with E-state index < -0.39 is 0 Å². The summed E-state index contributed by atoms with van der Waals surface area (Å²) in [4.78, 5) is 14.1. The van der Waals surface area contributed by atoms with Gasteiger partial charge in [0.25, 0.3) is 5.91 Å². The molecule has 1 heterocycles. The van der Waals surface area contributed by atoms with E-state index in [0.717, 1.165) is 5.56 Å². The first kappa shape index (κ1) is 13.3. The highest BCUT2D eigenvalue weighted by Crippen LogP contribution is 2.18. The number of halogens is 1. The minimum Gasteiger partial charge on any atom is -0.373 e. The molecule has 1 fully saturated rings. The number of nitrogens with zero attached hydrogens (tertiary/aromatic N) is 1. The standard InChI is InChI=1S/C13H17ClN2O2/c1-9-6-10(2-3-12(9)14)13(17)16-4-5-18-11(7-15)8-16/h2-3,6,11H,4-5,7-8,15H2,1H3. The zero-order chi connectivity index (χ0) is 13.1.